The van der Waals surface area contributed by atoms with Gasteiger partial charge in [-0.2, -0.15) is 0 Å². The second-order valence-corrected chi connectivity index (χ2v) is 5.42. The molecule has 25 heavy (non-hydrogen) atoms. The van der Waals surface area contributed by atoms with Gasteiger partial charge in [-0.25, -0.2) is 0 Å². The maximum absolute atomic E-state index is 12.8. The van der Waals surface area contributed by atoms with Gasteiger partial charge >= 0.3 is 0 Å². The molecule has 124 valence electrons. The minimum absolute atomic E-state index is 0.219. The number of nitrogens with zero attached hydrogens (tertiary/aromatic N) is 2. The van der Waals surface area contributed by atoms with Gasteiger partial charge in [0, 0.05) is 28.9 Å². The Bertz CT molecular complexity index is 1070. The Morgan fingerprint density at radius 3 is 2.64 bits per heavy atom. The number of carbonyl (C=O) groups excluding carboxylic acids is 1. The lowest BCUT2D eigenvalue weighted by molar-refractivity contribution is 0.0999. The molecule has 2 aromatic carbocycles. The summed E-state index contributed by atoms with van der Waals surface area (Å²) in [6, 6.07) is 13.5. The molecular weight excluding hydrogens is 320 g/mol. The first-order chi connectivity index (χ1) is 12.2. The zero-order valence-electron chi connectivity index (χ0n) is 13.3. The molecule has 0 aliphatic carbocycles. The molecule has 0 spiro atoms. The summed E-state index contributed by atoms with van der Waals surface area (Å²) in [6.07, 6.45) is 2.93. The van der Waals surface area contributed by atoms with E-state index < -0.39 is 5.91 Å². The van der Waals surface area contributed by atoms with Gasteiger partial charge < -0.3 is 19.4 Å². The van der Waals surface area contributed by atoms with Crippen LogP contribution in [-0.2, 0) is 0 Å². The van der Waals surface area contributed by atoms with Crippen molar-refractivity contribution in [2.45, 2.75) is 0 Å². The predicted molar refractivity (Wildman–Crippen MR) is 94.7 cm³/mol. The van der Waals surface area contributed by atoms with Gasteiger partial charge in [0.2, 0.25) is 5.91 Å². The Hall–Kier alpha value is -3.38. The largest absolute Gasteiger partial charge is 0.751 e. The Labute approximate surface area is 142 Å². The number of para-hydroxylation sites is 1. The number of hydrogen-bond donors (Lipinski definition) is 0. The lowest BCUT2D eigenvalue weighted by Crippen LogP contribution is -2.24. The van der Waals surface area contributed by atoms with Crippen molar-refractivity contribution in [3.63, 3.8) is 0 Å². The Kier molecular flexibility index (Phi) is 3.59. The van der Waals surface area contributed by atoms with Crippen molar-refractivity contribution in [2.75, 3.05) is 12.2 Å². The molecule has 0 N–H and O–H groups in total. The zero-order valence-corrected chi connectivity index (χ0v) is 13.3. The monoisotopic (exact) mass is 333 g/mol. The number of hydrogen-bond acceptors (Lipinski definition) is 5. The third-order valence-corrected chi connectivity index (χ3v) is 4.02. The Morgan fingerprint density at radius 1 is 1.12 bits per heavy atom. The second kappa shape index (κ2) is 5.92. The van der Waals surface area contributed by atoms with Gasteiger partial charge in [-0.1, -0.05) is 18.2 Å². The number of aromatic nitrogens is 1. The van der Waals surface area contributed by atoms with Gasteiger partial charge in [-0.3, -0.25) is 9.78 Å². The maximum atomic E-state index is 12.8. The first-order valence-corrected chi connectivity index (χ1v) is 7.60. The molecule has 0 saturated heterocycles. The molecule has 0 aliphatic rings. The van der Waals surface area contributed by atoms with Crippen LogP contribution in [0.5, 0.6) is 5.75 Å². The van der Waals surface area contributed by atoms with Crippen LogP contribution < -0.4 is 9.80 Å². The normalized spacial score (nSPS) is 11.0. The van der Waals surface area contributed by atoms with Gasteiger partial charge in [-0.05, 0) is 30.3 Å². The minimum Gasteiger partial charge on any atom is -0.751 e. The summed E-state index contributed by atoms with van der Waals surface area (Å²) in [6.45, 7) is 0. The molecule has 1 amide bonds. The first-order valence-electron chi connectivity index (χ1n) is 7.60. The molecule has 2 aromatic heterocycles. The van der Waals surface area contributed by atoms with Crippen LogP contribution in [-0.4, -0.2) is 18.0 Å². The number of methoxy groups -OCH3 is 1. The number of furan rings is 1. The summed E-state index contributed by atoms with van der Waals surface area (Å²) in [5, 5.41) is 14.1. The van der Waals surface area contributed by atoms with E-state index >= 15 is 0 Å². The highest BCUT2D eigenvalue weighted by Gasteiger charge is 2.20. The summed E-state index contributed by atoms with van der Waals surface area (Å²) in [4.78, 5) is 16.7. The van der Waals surface area contributed by atoms with Crippen molar-refractivity contribution in [3.8, 4) is 5.75 Å². The molecule has 0 fully saturated rings. The van der Waals surface area contributed by atoms with E-state index in [1.807, 2.05) is 18.2 Å². The van der Waals surface area contributed by atoms with Crippen molar-refractivity contribution >= 4 is 33.5 Å². The number of pyridine rings is 1. The van der Waals surface area contributed by atoms with E-state index in [0.29, 0.717) is 27.4 Å². The summed E-state index contributed by atoms with van der Waals surface area (Å²) < 4.78 is 11.2. The average Bonchev–Trinajstić information content (AvgIpc) is 3.06. The molecular formula is C19H13N2O4-. The number of ether oxygens (including phenoxy) is 1. The molecule has 0 saturated carbocycles. The molecule has 0 radical (unpaired) electrons. The molecule has 6 heteroatoms. The topological polar surface area (TPSA) is 78.6 Å². The molecule has 0 aliphatic heterocycles. The number of hydroxylamine groups is 1. The number of amides is 1. The van der Waals surface area contributed by atoms with Crippen molar-refractivity contribution in [2.24, 2.45) is 0 Å². The van der Waals surface area contributed by atoms with Crippen LogP contribution in [0.25, 0.3) is 21.9 Å². The Balaban J connectivity index is 1.94. The number of fused-ring (bicyclic) bond motifs is 3. The minimum atomic E-state index is -0.676. The van der Waals surface area contributed by atoms with Gasteiger partial charge in [0.25, 0.3) is 0 Å². The molecule has 0 bridgehead atoms. The Morgan fingerprint density at radius 2 is 1.88 bits per heavy atom. The molecule has 4 aromatic rings. The lowest BCUT2D eigenvalue weighted by Gasteiger charge is -2.28. The lowest BCUT2D eigenvalue weighted by atomic mass is 10.0. The summed E-state index contributed by atoms with van der Waals surface area (Å²) in [5.41, 5.74) is 1.54. The average molecular weight is 333 g/mol. The quantitative estimate of drug-likeness (QED) is 0.527. The van der Waals surface area contributed by atoms with Crippen LogP contribution in [0, 0.1) is 5.21 Å². The highest BCUT2D eigenvalue weighted by atomic mass is 16.5. The predicted octanol–water partition coefficient (Wildman–Crippen LogP) is 4.13. The van der Waals surface area contributed by atoms with Gasteiger partial charge in [0.15, 0.2) is 11.3 Å². The third kappa shape index (κ3) is 2.40. The van der Waals surface area contributed by atoms with Crippen LogP contribution in [0.4, 0.5) is 5.69 Å². The second-order valence-electron chi connectivity index (χ2n) is 5.42. The van der Waals surface area contributed by atoms with Crippen molar-refractivity contribution in [3.05, 3.63) is 71.7 Å². The van der Waals surface area contributed by atoms with E-state index in [0.717, 1.165) is 5.39 Å². The molecule has 4 rings (SSSR count). The number of carbonyl (C=O) groups is 1. The van der Waals surface area contributed by atoms with Gasteiger partial charge in [-0.15, -0.1) is 0 Å². The van der Waals surface area contributed by atoms with Crippen LogP contribution >= 0.6 is 0 Å². The van der Waals surface area contributed by atoms with Crippen LogP contribution in [0.15, 0.2) is 65.3 Å². The molecule has 0 atom stereocenters. The van der Waals surface area contributed by atoms with Crippen molar-refractivity contribution in [1.29, 1.82) is 0 Å². The maximum Gasteiger partial charge on any atom is 0.248 e. The standard InChI is InChI=1S/C19H13N2O4/c1-24-16-7-6-14(19(22)21(23)12-8-10-20-11-9-12)17-13-4-2-3-5-15(13)25-18(16)17/h2-11H,1H3/q-1. The van der Waals surface area contributed by atoms with Gasteiger partial charge in [0.05, 0.1) is 12.7 Å². The fourth-order valence-corrected chi connectivity index (χ4v) is 2.85. The summed E-state index contributed by atoms with van der Waals surface area (Å²) in [5.74, 6) is -0.172. The number of rotatable bonds is 3. The van der Waals surface area contributed by atoms with E-state index in [1.165, 1.54) is 31.6 Å². The van der Waals surface area contributed by atoms with Crippen molar-refractivity contribution in [1.82, 2.24) is 4.98 Å². The number of benzene rings is 2. The van der Waals surface area contributed by atoms with Crippen LogP contribution in [0.2, 0.25) is 0 Å². The SMILES string of the molecule is COc1ccc(C(=O)N([O-])c2ccncc2)c2c1oc1ccccc12. The number of anilines is 1. The van der Waals surface area contributed by atoms with Crippen molar-refractivity contribution < 1.29 is 13.9 Å². The van der Waals surface area contributed by atoms with E-state index in [4.69, 9.17) is 9.15 Å². The van der Waals surface area contributed by atoms with E-state index in [9.17, 15) is 10.0 Å². The third-order valence-electron chi connectivity index (χ3n) is 4.02. The highest BCUT2D eigenvalue weighted by molar-refractivity contribution is 6.21. The molecule has 2 heterocycles. The summed E-state index contributed by atoms with van der Waals surface area (Å²) >= 11 is 0. The summed E-state index contributed by atoms with van der Waals surface area (Å²) in [7, 11) is 1.53. The zero-order chi connectivity index (χ0) is 17.4. The van der Waals surface area contributed by atoms with Gasteiger partial charge in [0.1, 0.15) is 5.58 Å². The highest BCUT2D eigenvalue weighted by Crippen LogP contribution is 2.37. The molecule has 0 unspecified atom stereocenters. The van der Waals surface area contributed by atoms with Crippen LogP contribution in [0.1, 0.15) is 10.4 Å². The van der Waals surface area contributed by atoms with E-state index in [-0.39, 0.29) is 11.3 Å². The fraction of sp³-hybridized carbons (Fsp3) is 0.0526. The van der Waals surface area contributed by atoms with Crippen LogP contribution in [0.3, 0.4) is 0 Å². The van der Waals surface area contributed by atoms with E-state index in [1.54, 1.807) is 18.2 Å². The smallest absolute Gasteiger partial charge is 0.248 e. The van der Waals surface area contributed by atoms with E-state index in [2.05, 4.69) is 4.98 Å². The first kappa shape index (κ1) is 15.2. The fourth-order valence-electron chi connectivity index (χ4n) is 2.85. The molecule has 6 nitrogen and oxygen atoms in total.